The highest BCUT2D eigenvalue weighted by molar-refractivity contribution is 7.18. The monoisotopic (exact) mass is 528 g/mol. The lowest BCUT2D eigenvalue weighted by atomic mass is 9.95. The van der Waals surface area contributed by atoms with E-state index in [1.54, 1.807) is 12.1 Å². The Morgan fingerprint density at radius 2 is 1.03 bits per heavy atom. The average molecular weight is 529 g/mol. The van der Waals surface area contributed by atoms with Gasteiger partial charge in [-0.05, 0) is 74.6 Å². The lowest BCUT2D eigenvalue weighted by Crippen LogP contribution is -2.18. The number of anilines is 2. The number of nitrogens with one attached hydrogen (secondary N) is 2. The van der Waals surface area contributed by atoms with Crippen LogP contribution in [-0.2, 0) is 25.7 Å². The fourth-order valence-corrected chi connectivity index (χ4v) is 8.12. The Hall–Kier alpha value is -3.02. The average Bonchev–Trinajstić information content (AvgIpc) is 3.53. The molecule has 0 aliphatic heterocycles. The predicted octanol–water partition coefficient (Wildman–Crippen LogP) is 4.33. The van der Waals surface area contributed by atoms with Crippen molar-refractivity contribution in [1.82, 2.24) is 0 Å². The molecule has 0 aromatic carbocycles. The van der Waals surface area contributed by atoms with Crippen LogP contribution in [0.25, 0.3) is 0 Å². The molecule has 11 heteroatoms. The largest absolute Gasteiger partial charge is 0.365 e. The quantitative estimate of drug-likeness (QED) is 0.377. The van der Waals surface area contributed by atoms with E-state index in [1.807, 2.05) is 0 Å². The van der Waals surface area contributed by atoms with Crippen LogP contribution < -0.4 is 22.1 Å². The molecule has 0 fully saturated rings. The van der Waals surface area contributed by atoms with Crippen LogP contribution >= 0.6 is 34.0 Å². The summed E-state index contributed by atoms with van der Waals surface area (Å²) in [5.74, 6) is -1.90. The Morgan fingerprint density at radius 1 is 0.629 bits per heavy atom. The van der Waals surface area contributed by atoms with E-state index in [0.717, 1.165) is 83.6 Å². The van der Waals surface area contributed by atoms with Crippen molar-refractivity contribution in [3.63, 3.8) is 0 Å². The van der Waals surface area contributed by atoms with E-state index in [-0.39, 0.29) is 0 Å². The molecule has 8 nitrogen and oxygen atoms in total. The summed E-state index contributed by atoms with van der Waals surface area (Å²) in [6.07, 6.45) is 7.39. The number of aryl methyl sites for hydroxylation is 2. The minimum atomic E-state index is -0.546. The number of fused-ring (bicyclic) bond motifs is 2. The molecule has 0 bridgehead atoms. The van der Waals surface area contributed by atoms with E-state index in [0.29, 0.717) is 30.9 Å². The van der Waals surface area contributed by atoms with E-state index in [2.05, 4.69) is 10.6 Å². The molecular formula is C24H24N4O4S3. The second-order valence-electron chi connectivity index (χ2n) is 8.63. The van der Waals surface area contributed by atoms with Crippen molar-refractivity contribution in [1.29, 1.82) is 0 Å². The third-order valence-corrected chi connectivity index (χ3v) is 9.84. The maximum Gasteiger partial charge on any atom is 0.266 e. The minimum absolute atomic E-state index is 0.331. The first-order valence-corrected chi connectivity index (χ1v) is 13.9. The first kappa shape index (κ1) is 23.7. The Labute approximate surface area is 213 Å². The van der Waals surface area contributed by atoms with Crippen molar-refractivity contribution < 1.29 is 19.2 Å². The van der Waals surface area contributed by atoms with Crippen LogP contribution in [0.1, 0.15) is 86.6 Å². The summed E-state index contributed by atoms with van der Waals surface area (Å²) < 4.78 is 0. The van der Waals surface area contributed by atoms with Crippen molar-refractivity contribution in [2.75, 3.05) is 10.6 Å². The maximum absolute atomic E-state index is 12.9. The van der Waals surface area contributed by atoms with Crippen LogP contribution in [-0.4, -0.2) is 23.6 Å². The van der Waals surface area contributed by atoms with E-state index in [1.165, 1.54) is 22.7 Å². The van der Waals surface area contributed by atoms with Gasteiger partial charge in [-0.15, -0.1) is 34.0 Å². The second-order valence-corrected chi connectivity index (χ2v) is 11.9. The van der Waals surface area contributed by atoms with Crippen molar-refractivity contribution >= 4 is 67.6 Å². The number of carbonyl (C=O) groups is 4. The van der Waals surface area contributed by atoms with Gasteiger partial charge >= 0.3 is 0 Å². The fraction of sp³-hybridized carbons (Fsp3) is 0.333. The highest BCUT2D eigenvalue weighted by Crippen LogP contribution is 2.39. The summed E-state index contributed by atoms with van der Waals surface area (Å²) in [5, 5.41) is 6.57. The Kier molecular flexibility index (Phi) is 6.47. The number of thiophene rings is 3. The molecule has 182 valence electrons. The van der Waals surface area contributed by atoms with Crippen molar-refractivity contribution in [2.45, 2.75) is 51.4 Å². The van der Waals surface area contributed by atoms with E-state index in [4.69, 9.17) is 11.5 Å². The topological polar surface area (TPSA) is 144 Å². The number of amides is 4. The third kappa shape index (κ3) is 4.51. The van der Waals surface area contributed by atoms with Crippen molar-refractivity contribution in [3.8, 4) is 0 Å². The number of nitrogens with two attached hydrogens (primary N) is 2. The summed E-state index contributed by atoms with van der Waals surface area (Å²) in [6.45, 7) is 0. The molecule has 0 saturated heterocycles. The van der Waals surface area contributed by atoms with Crippen LogP contribution in [0.2, 0.25) is 0 Å². The molecule has 2 aliphatic carbocycles. The Balaban J connectivity index is 1.34. The SMILES string of the molecule is NC(=O)c1c(NC(=O)c2ccc(C(=O)Nc3sc4c(c3C(N)=O)CCCC4)s2)sc2c1CCCC2. The molecule has 3 aromatic rings. The first-order chi connectivity index (χ1) is 16.8. The van der Waals surface area contributed by atoms with E-state index >= 15 is 0 Å². The number of carbonyl (C=O) groups excluding carboxylic acids is 4. The molecule has 2 aliphatic rings. The van der Waals surface area contributed by atoms with Crippen molar-refractivity contribution in [2.24, 2.45) is 11.5 Å². The highest BCUT2D eigenvalue weighted by Gasteiger charge is 2.27. The molecule has 0 unspecified atom stereocenters. The predicted molar refractivity (Wildman–Crippen MR) is 139 cm³/mol. The summed E-state index contributed by atoms with van der Waals surface area (Å²) in [7, 11) is 0. The fourth-order valence-electron chi connectivity index (χ4n) is 4.74. The number of rotatable bonds is 6. The molecule has 0 spiro atoms. The lowest BCUT2D eigenvalue weighted by Gasteiger charge is -2.11. The molecular weight excluding hydrogens is 504 g/mol. The van der Waals surface area contributed by atoms with Gasteiger partial charge in [0.2, 0.25) is 0 Å². The Morgan fingerprint density at radius 3 is 1.43 bits per heavy atom. The summed E-state index contributed by atoms with van der Waals surface area (Å²) in [5.41, 5.74) is 13.9. The summed E-state index contributed by atoms with van der Waals surface area (Å²) in [4.78, 5) is 52.9. The zero-order valence-corrected chi connectivity index (χ0v) is 21.3. The number of hydrogen-bond acceptors (Lipinski definition) is 7. The first-order valence-electron chi connectivity index (χ1n) is 11.4. The van der Waals surface area contributed by atoms with Gasteiger partial charge in [0.15, 0.2) is 0 Å². The molecule has 4 amide bonds. The Bertz CT molecular complexity index is 1270. The molecule has 0 atom stereocenters. The van der Waals surface area contributed by atoms with Gasteiger partial charge in [-0.1, -0.05) is 0 Å². The van der Waals surface area contributed by atoms with Crippen LogP contribution in [0, 0.1) is 0 Å². The standard InChI is InChI=1S/C24H24N4O4S3/c25-19(29)17-11-5-1-3-7-13(11)34-23(17)27-21(31)15-9-10-16(33-15)22(32)28-24-18(20(26)30)12-6-2-4-8-14(12)35-24/h9-10H,1-8H2,(H2,25,29)(H2,26,30)(H,27,31)(H,28,32). The summed E-state index contributed by atoms with van der Waals surface area (Å²) in [6, 6.07) is 3.14. The molecule has 5 rings (SSSR count). The molecule has 35 heavy (non-hydrogen) atoms. The van der Waals surface area contributed by atoms with E-state index < -0.39 is 23.6 Å². The maximum atomic E-state index is 12.9. The summed E-state index contributed by atoms with van der Waals surface area (Å²) >= 11 is 3.83. The molecule has 6 N–H and O–H groups in total. The highest BCUT2D eigenvalue weighted by atomic mass is 32.1. The van der Waals surface area contributed by atoms with E-state index in [9.17, 15) is 19.2 Å². The minimum Gasteiger partial charge on any atom is -0.365 e. The zero-order chi connectivity index (χ0) is 24.7. The van der Waals surface area contributed by atoms with Gasteiger partial charge in [-0.2, -0.15) is 0 Å². The van der Waals surface area contributed by atoms with Crippen LogP contribution in [0.3, 0.4) is 0 Å². The normalized spacial score (nSPS) is 14.6. The van der Waals surface area contributed by atoms with Gasteiger partial charge in [0, 0.05) is 9.75 Å². The molecule has 0 saturated carbocycles. The smallest absolute Gasteiger partial charge is 0.266 e. The van der Waals surface area contributed by atoms with Crippen LogP contribution in [0.5, 0.6) is 0 Å². The van der Waals surface area contributed by atoms with Gasteiger partial charge in [0.1, 0.15) is 10.0 Å². The number of hydrogen-bond donors (Lipinski definition) is 4. The molecule has 3 aromatic heterocycles. The van der Waals surface area contributed by atoms with Crippen molar-refractivity contribution in [3.05, 3.63) is 53.9 Å². The van der Waals surface area contributed by atoms with Gasteiger partial charge in [0.25, 0.3) is 23.6 Å². The van der Waals surface area contributed by atoms with Gasteiger partial charge in [0.05, 0.1) is 20.9 Å². The van der Waals surface area contributed by atoms with Gasteiger partial charge < -0.3 is 22.1 Å². The molecule has 3 heterocycles. The second kappa shape index (κ2) is 9.56. The van der Waals surface area contributed by atoms with Crippen LogP contribution in [0.4, 0.5) is 10.0 Å². The third-order valence-electron chi connectivity index (χ3n) is 6.34. The number of primary amides is 2. The zero-order valence-electron chi connectivity index (χ0n) is 18.8. The van der Waals surface area contributed by atoms with Crippen LogP contribution in [0.15, 0.2) is 12.1 Å². The molecule has 0 radical (unpaired) electrons. The van der Waals surface area contributed by atoms with Gasteiger partial charge in [-0.3, -0.25) is 19.2 Å². The van der Waals surface area contributed by atoms with Gasteiger partial charge in [-0.25, -0.2) is 0 Å². The lowest BCUT2D eigenvalue weighted by molar-refractivity contribution is 0.0990.